The van der Waals surface area contributed by atoms with Crippen LogP contribution in [0.5, 0.6) is 0 Å². The molecule has 190 valence electrons. The van der Waals surface area contributed by atoms with Crippen LogP contribution in [0.4, 0.5) is 0 Å². The molecule has 8 nitrogen and oxygen atoms in total. The smallest absolute Gasteiger partial charge is 0.220 e. The van der Waals surface area contributed by atoms with E-state index in [4.69, 9.17) is 9.47 Å². The van der Waals surface area contributed by atoms with Crippen molar-refractivity contribution in [2.45, 2.75) is 71.0 Å². The normalized spacial score (nSPS) is 37.9. The molecule has 1 amide bonds. The molecular weight excluding hydrogens is 456 g/mol. The molecule has 1 aliphatic heterocycles. The number of fused-ring (bicyclic) bond motifs is 3. The second kappa shape index (κ2) is 9.85. The Bertz CT molecular complexity index is 973. The van der Waals surface area contributed by atoms with Crippen LogP contribution >= 0.6 is 0 Å². The standard InChI is InChI=1S/C25H38N2O6S/c1-24-12-11-21-25(2,16-32-23(33-21)15-27-34(3,30)31)20(24)10-9-19(28)18(24)13-22(29)26-14-17-7-5-4-6-8-17/h4-8,18-21,23,27-28H,9-16H2,1-3H3,(H,26,29). The van der Waals surface area contributed by atoms with Gasteiger partial charge in [0, 0.05) is 18.4 Å². The van der Waals surface area contributed by atoms with Gasteiger partial charge in [-0.05, 0) is 48.5 Å². The molecule has 2 aliphatic carbocycles. The van der Waals surface area contributed by atoms with E-state index < -0.39 is 22.4 Å². The van der Waals surface area contributed by atoms with E-state index in [1.54, 1.807) is 0 Å². The Morgan fingerprint density at radius 3 is 2.59 bits per heavy atom. The number of rotatable bonds is 7. The Kier molecular flexibility index (Phi) is 7.41. The van der Waals surface area contributed by atoms with E-state index in [2.05, 4.69) is 23.9 Å². The van der Waals surface area contributed by atoms with Crippen molar-refractivity contribution >= 4 is 15.9 Å². The number of amides is 1. The summed E-state index contributed by atoms with van der Waals surface area (Å²) >= 11 is 0. The molecule has 1 aromatic carbocycles. The number of benzene rings is 1. The predicted molar refractivity (Wildman–Crippen MR) is 128 cm³/mol. The molecule has 3 fully saturated rings. The Labute approximate surface area is 202 Å². The van der Waals surface area contributed by atoms with Gasteiger partial charge >= 0.3 is 0 Å². The van der Waals surface area contributed by atoms with Crippen LogP contribution in [-0.4, -0.2) is 57.3 Å². The molecule has 9 heteroatoms. The van der Waals surface area contributed by atoms with E-state index in [9.17, 15) is 18.3 Å². The first-order valence-corrected chi connectivity index (χ1v) is 14.1. The molecule has 7 unspecified atom stereocenters. The van der Waals surface area contributed by atoms with Crippen LogP contribution in [0.15, 0.2) is 30.3 Å². The number of carbonyl (C=O) groups excluding carboxylic acids is 1. The first-order chi connectivity index (χ1) is 16.0. The molecule has 1 saturated heterocycles. The summed E-state index contributed by atoms with van der Waals surface area (Å²) in [4.78, 5) is 12.9. The van der Waals surface area contributed by atoms with Crippen LogP contribution < -0.4 is 10.0 Å². The predicted octanol–water partition coefficient (Wildman–Crippen LogP) is 2.18. The van der Waals surface area contributed by atoms with Gasteiger partial charge in [0.25, 0.3) is 0 Å². The van der Waals surface area contributed by atoms with Gasteiger partial charge in [0.05, 0.1) is 31.6 Å². The molecule has 0 bridgehead atoms. The van der Waals surface area contributed by atoms with Crippen molar-refractivity contribution in [1.29, 1.82) is 0 Å². The Balaban J connectivity index is 1.43. The summed E-state index contributed by atoms with van der Waals surface area (Å²) in [5.74, 6) is 0.0624. The van der Waals surface area contributed by atoms with Gasteiger partial charge in [0.15, 0.2) is 6.29 Å². The average molecular weight is 495 g/mol. The highest BCUT2D eigenvalue weighted by atomic mass is 32.2. The van der Waals surface area contributed by atoms with Crippen LogP contribution in [0.3, 0.4) is 0 Å². The van der Waals surface area contributed by atoms with Gasteiger partial charge in [-0.2, -0.15) is 0 Å². The number of aliphatic hydroxyl groups is 1. The zero-order chi connectivity index (χ0) is 24.6. The van der Waals surface area contributed by atoms with Crippen molar-refractivity contribution in [2.24, 2.45) is 22.7 Å². The van der Waals surface area contributed by atoms with Crippen molar-refractivity contribution in [3.8, 4) is 0 Å². The molecule has 1 heterocycles. The number of carbonyl (C=O) groups is 1. The van der Waals surface area contributed by atoms with Gasteiger partial charge in [-0.25, -0.2) is 13.1 Å². The first-order valence-electron chi connectivity index (χ1n) is 12.2. The zero-order valence-electron chi connectivity index (χ0n) is 20.3. The molecule has 4 rings (SSSR count). The summed E-state index contributed by atoms with van der Waals surface area (Å²) in [6, 6.07) is 9.82. The van der Waals surface area contributed by atoms with Gasteiger partial charge in [-0.1, -0.05) is 44.2 Å². The minimum Gasteiger partial charge on any atom is -0.393 e. The summed E-state index contributed by atoms with van der Waals surface area (Å²) < 4.78 is 37.6. The van der Waals surface area contributed by atoms with E-state index >= 15 is 0 Å². The number of aliphatic hydroxyl groups excluding tert-OH is 1. The fraction of sp³-hybridized carbons (Fsp3) is 0.720. The lowest BCUT2D eigenvalue weighted by Gasteiger charge is -2.63. The number of nitrogens with one attached hydrogen (secondary N) is 2. The molecule has 3 N–H and O–H groups in total. The van der Waals surface area contributed by atoms with E-state index in [1.807, 2.05) is 30.3 Å². The van der Waals surface area contributed by atoms with Crippen LogP contribution in [-0.2, 0) is 30.8 Å². The van der Waals surface area contributed by atoms with E-state index in [0.717, 1.165) is 31.1 Å². The maximum Gasteiger partial charge on any atom is 0.220 e. The van der Waals surface area contributed by atoms with E-state index in [0.29, 0.717) is 26.0 Å². The molecule has 34 heavy (non-hydrogen) atoms. The highest BCUT2D eigenvalue weighted by Crippen LogP contribution is 2.62. The highest BCUT2D eigenvalue weighted by molar-refractivity contribution is 7.88. The summed E-state index contributed by atoms with van der Waals surface area (Å²) in [6.07, 6.45) is 3.39. The SMILES string of the molecule is CC12COC(CNS(C)(=O)=O)OC1CCC1(C)C(CC(=O)NCc3ccccc3)C(O)CCC21. The number of hydrogen-bond acceptors (Lipinski definition) is 6. The van der Waals surface area contributed by atoms with Crippen molar-refractivity contribution in [3.63, 3.8) is 0 Å². The highest BCUT2D eigenvalue weighted by Gasteiger charge is 2.61. The lowest BCUT2D eigenvalue weighted by Crippen LogP contribution is -2.63. The Hall–Kier alpha value is -1.52. The lowest BCUT2D eigenvalue weighted by molar-refractivity contribution is -0.305. The minimum absolute atomic E-state index is 0.0369. The monoisotopic (exact) mass is 494 g/mol. The average Bonchev–Trinajstić information content (AvgIpc) is 2.79. The first kappa shape index (κ1) is 25.6. The molecule has 1 aromatic rings. The third-order valence-electron chi connectivity index (χ3n) is 8.48. The second-order valence-corrected chi connectivity index (χ2v) is 12.6. The Morgan fingerprint density at radius 2 is 1.88 bits per heavy atom. The number of ether oxygens (including phenoxy) is 2. The fourth-order valence-electron chi connectivity index (χ4n) is 6.68. The second-order valence-electron chi connectivity index (χ2n) is 10.8. The van der Waals surface area contributed by atoms with Crippen molar-refractivity contribution < 1.29 is 27.8 Å². The molecular formula is C25H38N2O6S. The summed E-state index contributed by atoms with van der Waals surface area (Å²) in [6.45, 7) is 5.44. The van der Waals surface area contributed by atoms with E-state index in [-0.39, 0.29) is 41.2 Å². The minimum atomic E-state index is -3.32. The van der Waals surface area contributed by atoms with Gasteiger partial charge in [-0.15, -0.1) is 0 Å². The molecule has 0 spiro atoms. The Morgan fingerprint density at radius 1 is 1.15 bits per heavy atom. The fourth-order valence-corrected chi connectivity index (χ4v) is 7.12. The summed E-state index contributed by atoms with van der Waals surface area (Å²) in [7, 11) is -3.32. The molecule has 7 atom stereocenters. The largest absolute Gasteiger partial charge is 0.393 e. The van der Waals surface area contributed by atoms with Gasteiger partial charge in [0.2, 0.25) is 15.9 Å². The number of sulfonamides is 1. The van der Waals surface area contributed by atoms with Gasteiger partial charge in [-0.3, -0.25) is 4.79 Å². The van der Waals surface area contributed by atoms with Crippen molar-refractivity contribution in [3.05, 3.63) is 35.9 Å². The molecule has 2 saturated carbocycles. The maximum absolute atomic E-state index is 12.9. The van der Waals surface area contributed by atoms with Crippen LogP contribution in [0.2, 0.25) is 0 Å². The molecule has 3 aliphatic rings. The topological polar surface area (TPSA) is 114 Å². The quantitative estimate of drug-likeness (QED) is 0.535. The molecule has 0 radical (unpaired) electrons. The van der Waals surface area contributed by atoms with Gasteiger partial charge < -0.3 is 19.9 Å². The van der Waals surface area contributed by atoms with Gasteiger partial charge in [0.1, 0.15) is 0 Å². The number of hydrogen-bond donors (Lipinski definition) is 3. The van der Waals surface area contributed by atoms with E-state index in [1.165, 1.54) is 0 Å². The van der Waals surface area contributed by atoms with Crippen molar-refractivity contribution in [1.82, 2.24) is 10.0 Å². The summed E-state index contributed by atoms with van der Waals surface area (Å²) in [5.41, 5.74) is 0.582. The lowest BCUT2D eigenvalue weighted by atomic mass is 9.46. The molecule has 0 aromatic heterocycles. The van der Waals surface area contributed by atoms with Crippen LogP contribution in [0.1, 0.15) is 51.5 Å². The third kappa shape index (κ3) is 5.33. The third-order valence-corrected chi connectivity index (χ3v) is 9.17. The van der Waals surface area contributed by atoms with Crippen LogP contribution in [0, 0.1) is 22.7 Å². The van der Waals surface area contributed by atoms with Crippen LogP contribution in [0.25, 0.3) is 0 Å². The zero-order valence-corrected chi connectivity index (χ0v) is 21.1. The van der Waals surface area contributed by atoms with Crippen molar-refractivity contribution in [2.75, 3.05) is 19.4 Å². The maximum atomic E-state index is 12.9. The summed E-state index contributed by atoms with van der Waals surface area (Å²) in [5, 5.41) is 14.0.